The molecule has 192 valence electrons. The Kier molecular flexibility index (Phi) is 6.58. The minimum Gasteiger partial charge on any atom is -0.493 e. The smallest absolute Gasteiger partial charge is 0.419 e. The molecule has 5 nitrogen and oxygen atoms in total. The SMILES string of the molecule is O=C(Cc1ccc(C(F)(F)F)c(F)c1)Nc1c(Cl)ccc2c1CCN(C(=O)c1ccc3c(c1)CCO3)C2. The van der Waals surface area contributed by atoms with Crippen molar-refractivity contribution in [3.8, 4) is 5.75 Å². The third-order valence-corrected chi connectivity index (χ3v) is 6.86. The number of nitrogens with zero attached hydrogens (tertiary/aromatic N) is 1. The minimum absolute atomic E-state index is 0.0976. The number of rotatable bonds is 4. The second-order valence-electron chi connectivity index (χ2n) is 8.99. The van der Waals surface area contributed by atoms with E-state index in [-0.39, 0.29) is 17.9 Å². The highest BCUT2D eigenvalue weighted by Gasteiger charge is 2.34. The lowest BCUT2D eigenvalue weighted by molar-refractivity contribution is -0.140. The van der Waals surface area contributed by atoms with E-state index in [1.807, 2.05) is 12.1 Å². The van der Waals surface area contributed by atoms with E-state index in [0.29, 0.717) is 54.5 Å². The van der Waals surface area contributed by atoms with Crippen LogP contribution in [0.2, 0.25) is 5.02 Å². The van der Waals surface area contributed by atoms with Crippen LogP contribution in [0.3, 0.4) is 0 Å². The molecular weight excluding hydrogens is 512 g/mol. The zero-order valence-electron chi connectivity index (χ0n) is 19.4. The van der Waals surface area contributed by atoms with Crippen molar-refractivity contribution in [1.29, 1.82) is 0 Å². The van der Waals surface area contributed by atoms with Crippen molar-refractivity contribution in [2.75, 3.05) is 18.5 Å². The van der Waals surface area contributed by atoms with Crippen LogP contribution in [-0.2, 0) is 36.8 Å². The quantitative estimate of drug-likeness (QED) is 0.431. The maximum atomic E-state index is 13.9. The van der Waals surface area contributed by atoms with E-state index < -0.39 is 23.5 Å². The van der Waals surface area contributed by atoms with Gasteiger partial charge in [-0.3, -0.25) is 9.59 Å². The molecule has 0 atom stereocenters. The first kappa shape index (κ1) is 25.1. The van der Waals surface area contributed by atoms with Crippen LogP contribution in [0.4, 0.5) is 23.2 Å². The third kappa shape index (κ3) is 5.13. The lowest BCUT2D eigenvalue weighted by atomic mass is 9.96. The average Bonchev–Trinajstić information content (AvgIpc) is 3.32. The van der Waals surface area contributed by atoms with Gasteiger partial charge in [0.05, 0.1) is 29.3 Å². The van der Waals surface area contributed by atoms with Crippen molar-refractivity contribution >= 4 is 29.1 Å². The number of amides is 2. The van der Waals surface area contributed by atoms with Gasteiger partial charge in [0.1, 0.15) is 11.6 Å². The first-order valence-electron chi connectivity index (χ1n) is 11.6. The van der Waals surface area contributed by atoms with Gasteiger partial charge in [0.15, 0.2) is 0 Å². The summed E-state index contributed by atoms with van der Waals surface area (Å²) in [5.41, 5.74) is 2.30. The van der Waals surface area contributed by atoms with E-state index in [4.69, 9.17) is 16.3 Å². The van der Waals surface area contributed by atoms with Gasteiger partial charge in [-0.2, -0.15) is 13.2 Å². The van der Waals surface area contributed by atoms with E-state index >= 15 is 0 Å². The molecule has 0 radical (unpaired) electrons. The molecule has 2 aliphatic rings. The number of hydrogen-bond acceptors (Lipinski definition) is 3. The van der Waals surface area contributed by atoms with Crippen molar-refractivity contribution in [2.24, 2.45) is 0 Å². The Morgan fingerprint density at radius 3 is 2.59 bits per heavy atom. The zero-order valence-corrected chi connectivity index (χ0v) is 20.2. The fourth-order valence-electron chi connectivity index (χ4n) is 4.71. The zero-order chi connectivity index (χ0) is 26.3. The summed E-state index contributed by atoms with van der Waals surface area (Å²) in [4.78, 5) is 27.5. The van der Waals surface area contributed by atoms with E-state index in [1.54, 1.807) is 23.1 Å². The normalized spacial score (nSPS) is 14.6. The molecule has 1 N–H and O–H groups in total. The number of benzene rings is 3. The van der Waals surface area contributed by atoms with E-state index in [9.17, 15) is 27.2 Å². The number of alkyl halides is 3. The molecule has 0 bridgehead atoms. The predicted molar refractivity (Wildman–Crippen MR) is 129 cm³/mol. The molecule has 3 aromatic carbocycles. The van der Waals surface area contributed by atoms with Gasteiger partial charge < -0.3 is 15.0 Å². The number of anilines is 1. The fraction of sp³-hybridized carbons (Fsp3) is 0.259. The molecule has 0 fully saturated rings. The first-order chi connectivity index (χ1) is 17.6. The summed E-state index contributed by atoms with van der Waals surface area (Å²) in [5.74, 6) is -1.29. The van der Waals surface area contributed by atoms with E-state index in [1.165, 1.54) is 0 Å². The maximum absolute atomic E-state index is 13.9. The lowest BCUT2D eigenvalue weighted by Gasteiger charge is -2.31. The number of halogens is 5. The summed E-state index contributed by atoms with van der Waals surface area (Å²) in [6.45, 7) is 1.34. The lowest BCUT2D eigenvalue weighted by Crippen LogP contribution is -2.36. The van der Waals surface area contributed by atoms with Crippen LogP contribution in [0.1, 0.15) is 38.2 Å². The van der Waals surface area contributed by atoms with Crippen LogP contribution in [-0.4, -0.2) is 29.9 Å². The van der Waals surface area contributed by atoms with Gasteiger partial charge in [-0.05, 0) is 65.1 Å². The highest BCUT2D eigenvalue weighted by molar-refractivity contribution is 6.34. The molecule has 0 spiro atoms. The van der Waals surface area contributed by atoms with Gasteiger partial charge in [0.25, 0.3) is 5.91 Å². The molecule has 2 aliphatic heterocycles. The molecule has 10 heteroatoms. The van der Waals surface area contributed by atoms with Crippen molar-refractivity contribution in [1.82, 2.24) is 4.90 Å². The molecule has 5 rings (SSSR count). The number of hydrogen-bond donors (Lipinski definition) is 1. The number of ether oxygens (including phenoxy) is 1. The molecule has 2 amide bonds. The Balaban J connectivity index is 1.30. The topological polar surface area (TPSA) is 58.6 Å². The summed E-state index contributed by atoms with van der Waals surface area (Å²) in [7, 11) is 0. The first-order valence-corrected chi connectivity index (χ1v) is 12.0. The van der Waals surface area contributed by atoms with Gasteiger partial charge >= 0.3 is 6.18 Å². The average molecular weight is 533 g/mol. The number of nitrogens with one attached hydrogen (secondary N) is 1. The molecule has 0 unspecified atom stereocenters. The third-order valence-electron chi connectivity index (χ3n) is 6.54. The van der Waals surface area contributed by atoms with Crippen LogP contribution in [0.25, 0.3) is 0 Å². The van der Waals surface area contributed by atoms with Crippen LogP contribution < -0.4 is 10.1 Å². The van der Waals surface area contributed by atoms with Crippen molar-refractivity contribution in [3.05, 3.63) is 92.8 Å². The number of carbonyl (C=O) groups excluding carboxylic acids is 2. The van der Waals surface area contributed by atoms with Crippen molar-refractivity contribution in [3.63, 3.8) is 0 Å². The number of fused-ring (bicyclic) bond motifs is 2. The monoisotopic (exact) mass is 532 g/mol. The van der Waals surface area contributed by atoms with E-state index in [2.05, 4.69) is 5.32 Å². The largest absolute Gasteiger partial charge is 0.493 e. The molecule has 0 saturated carbocycles. The van der Waals surface area contributed by atoms with Gasteiger partial charge in [0, 0.05) is 25.1 Å². The number of carbonyl (C=O) groups is 2. The Hall–Kier alpha value is -3.59. The van der Waals surface area contributed by atoms with Crippen molar-refractivity contribution in [2.45, 2.75) is 32.0 Å². The molecule has 37 heavy (non-hydrogen) atoms. The summed E-state index contributed by atoms with van der Waals surface area (Å²) in [5, 5.41) is 3.02. The molecular formula is C27H21ClF4N2O3. The van der Waals surface area contributed by atoms with Gasteiger partial charge in [0.2, 0.25) is 5.91 Å². The second-order valence-corrected chi connectivity index (χ2v) is 9.40. The molecule has 3 aromatic rings. The second kappa shape index (κ2) is 9.70. The van der Waals surface area contributed by atoms with Crippen LogP contribution in [0.5, 0.6) is 5.75 Å². The van der Waals surface area contributed by atoms with Gasteiger partial charge in [-0.25, -0.2) is 4.39 Å². The van der Waals surface area contributed by atoms with Gasteiger partial charge in [-0.15, -0.1) is 0 Å². The molecule has 0 aromatic heterocycles. The summed E-state index contributed by atoms with van der Waals surface area (Å²) in [6, 6.07) is 11.2. The fourth-order valence-corrected chi connectivity index (χ4v) is 4.93. The summed E-state index contributed by atoms with van der Waals surface area (Å²) >= 11 is 6.36. The Morgan fingerprint density at radius 2 is 1.84 bits per heavy atom. The Morgan fingerprint density at radius 1 is 1.03 bits per heavy atom. The molecule has 0 aliphatic carbocycles. The Bertz CT molecular complexity index is 1410. The van der Waals surface area contributed by atoms with Crippen LogP contribution >= 0.6 is 11.6 Å². The highest BCUT2D eigenvalue weighted by atomic mass is 35.5. The molecule has 0 saturated heterocycles. The van der Waals surface area contributed by atoms with Crippen LogP contribution in [0.15, 0.2) is 48.5 Å². The summed E-state index contributed by atoms with van der Waals surface area (Å²) in [6.07, 6.45) is -3.94. The van der Waals surface area contributed by atoms with Gasteiger partial charge in [-0.1, -0.05) is 23.7 Å². The summed E-state index contributed by atoms with van der Waals surface area (Å²) < 4.78 is 57.8. The highest BCUT2D eigenvalue weighted by Crippen LogP contribution is 2.35. The Labute approximate surface area is 215 Å². The van der Waals surface area contributed by atoms with Crippen molar-refractivity contribution < 1.29 is 31.9 Å². The minimum atomic E-state index is -4.81. The molecule has 2 heterocycles. The maximum Gasteiger partial charge on any atom is 0.419 e. The standard InChI is InChI=1S/C27H21ClF4N2O3/c28-21-5-2-18-14-34(26(36)17-3-6-23-16(13-17)8-10-37-23)9-7-19(18)25(21)33-24(35)12-15-1-4-20(22(29)11-15)27(30,31)32/h1-6,11,13H,7-10,12,14H2,(H,33,35). The predicted octanol–water partition coefficient (Wildman–Crippen LogP) is 5.81. The van der Waals surface area contributed by atoms with E-state index in [0.717, 1.165) is 34.9 Å². The van der Waals surface area contributed by atoms with Crippen LogP contribution in [0, 0.1) is 5.82 Å².